The van der Waals surface area contributed by atoms with Gasteiger partial charge in [-0.2, -0.15) is 0 Å². The van der Waals surface area contributed by atoms with E-state index < -0.39 is 0 Å². The molecule has 15 heavy (non-hydrogen) atoms. The van der Waals surface area contributed by atoms with Crippen LogP contribution >= 0.6 is 0 Å². The van der Waals surface area contributed by atoms with Crippen LogP contribution in [0.5, 0.6) is 0 Å². The fraction of sp³-hybridized carbons (Fsp3) is 0.727. The number of hydrogen-bond acceptors (Lipinski definition) is 3. The van der Waals surface area contributed by atoms with E-state index in [1.54, 1.807) is 0 Å². The van der Waals surface area contributed by atoms with Crippen LogP contribution in [0.1, 0.15) is 18.7 Å². The molecule has 0 saturated heterocycles. The summed E-state index contributed by atoms with van der Waals surface area (Å²) in [5, 5.41) is 0. The second-order valence-electron chi connectivity index (χ2n) is 4.27. The maximum Gasteiger partial charge on any atom is 0.110 e. The summed E-state index contributed by atoms with van der Waals surface area (Å²) in [5.41, 5.74) is 5.55. The molecule has 0 atom stereocenters. The van der Waals surface area contributed by atoms with Gasteiger partial charge >= 0.3 is 0 Å². The van der Waals surface area contributed by atoms with Crippen LogP contribution in [0.25, 0.3) is 0 Å². The lowest BCUT2D eigenvalue weighted by molar-refractivity contribution is -0.0269. The minimum absolute atomic E-state index is 0.443. The molecule has 0 spiro atoms. The van der Waals surface area contributed by atoms with Crippen molar-refractivity contribution in [2.45, 2.75) is 25.4 Å². The lowest BCUT2D eigenvalue weighted by Gasteiger charge is -2.34. The van der Waals surface area contributed by atoms with E-state index in [1.807, 2.05) is 24.0 Å². The van der Waals surface area contributed by atoms with E-state index in [2.05, 4.69) is 4.98 Å². The first-order valence-corrected chi connectivity index (χ1v) is 5.57. The summed E-state index contributed by atoms with van der Waals surface area (Å²) in [6, 6.07) is 0. The number of ether oxygens (including phenoxy) is 1. The Hall–Kier alpha value is -0.870. The Morgan fingerprint density at radius 1 is 1.60 bits per heavy atom. The Morgan fingerprint density at radius 3 is 3.00 bits per heavy atom. The number of hydrogen-bond donors (Lipinski definition) is 1. The molecule has 2 rings (SSSR count). The fourth-order valence-corrected chi connectivity index (χ4v) is 1.96. The van der Waals surface area contributed by atoms with Gasteiger partial charge in [-0.25, -0.2) is 4.98 Å². The van der Waals surface area contributed by atoms with Crippen LogP contribution in [0.2, 0.25) is 0 Å². The Balaban J connectivity index is 1.62. The van der Waals surface area contributed by atoms with E-state index in [1.165, 1.54) is 0 Å². The first-order valence-electron chi connectivity index (χ1n) is 5.57. The van der Waals surface area contributed by atoms with Gasteiger partial charge in [0.25, 0.3) is 0 Å². The van der Waals surface area contributed by atoms with Gasteiger partial charge in [0.2, 0.25) is 0 Å². The largest absolute Gasteiger partial charge is 0.378 e. The van der Waals surface area contributed by atoms with Crippen LogP contribution in [-0.2, 0) is 18.2 Å². The standard InChI is InChI=1S/C11H19N3O/c1-14-4-3-13-11(14)2-5-15-10-6-9(7-10)8-12/h3-4,9-10H,2,5-8,12H2,1H3. The molecule has 1 heterocycles. The van der Waals surface area contributed by atoms with Gasteiger partial charge in [-0.3, -0.25) is 0 Å². The molecule has 2 N–H and O–H groups in total. The highest BCUT2D eigenvalue weighted by Gasteiger charge is 2.28. The summed E-state index contributed by atoms with van der Waals surface area (Å²) in [7, 11) is 2.01. The molecular weight excluding hydrogens is 190 g/mol. The van der Waals surface area contributed by atoms with Crippen LogP contribution in [0, 0.1) is 5.92 Å². The van der Waals surface area contributed by atoms with Crippen molar-refractivity contribution in [3.63, 3.8) is 0 Å². The van der Waals surface area contributed by atoms with E-state index in [4.69, 9.17) is 10.5 Å². The first kappa shape index (κ1) is 10.6. The molecule has 0 aliphatic heterocycles. The van der Waals surface area contributed by atoms with Crippen molar-refractivity contribution in [2.24, 2.45) is 18.7 Å². The summed E-state index contributed by atoms with van der Waals surface area (Å²) in [4.78, 5) is 4.25. The van der Waals surface area contributed by atoms with E-state index in [0.717, 1.165) is 38.2 Å². The molecule has 0 radical (unpaired) electrons. The molecular formula is C11H19N3O. The van der Waals surface area contributed by atoms with Gasteiger partial charge in [0.15, 0.2) is 0 Å². The van der Waals surface area contributed by atoms with Crippen molar-refractivity contribution in [2.75, 3.05) is 13.2 Å². The van der Waals surface area contributed by atoms with Crippen LogP contribution in [0.15, 0.2) is 12.4 Å². The molecule has 4 heteroatoms. The van der Waals surface area contributed by atoms with Gasteiger partial charge in [-0.1, -0.05) is 0 Å². The molecule has 0 unspecified atom stereocenters. The van der Waals surface area contributed by atoms with Crippen LogP contribution in [-0.4, -0.2) is 28.8 Å². The summed E-state index contributed by atoms with van der Waals surface area (Å²) in [6.07, 6.45) is 7.40. The molecule has 1 fully saturated rings. The van der Waals surface area contributed by atoms with Crippen molar-refractivity contribution in [1.82, 2.24) is 9.55 Å². The van der Waals surface area contributed by atoms with Gasteiger partial charge in [-0.05, 0) is 25.3 Å². The number of imidazole rings is 1. The SMILES string of the molecule is Cn1ccnc1CCOC1CC(CN)C1. The number of nitrogens with two attached hydrogens (primary N) is 1. The second kappa shape index (κ2) is 4.77. The van der Waals surface area contributed by atoms with E-state index in [9.17, 15) is 0 Å². The predicted octanol–water partition coefficient (Wildman–Crippen LogP) is 0.716. The maximum absolute atomic E-state index is 5.73. The van der Waals surface area contributed by atoms with E-state index in [0.29, 0.717) is 12.0 Å². The topological polar surface area (TPSA) is 53.1 Å². The predicted molar refractivity (Wildman–Crippen MR) is 58.4 cm³/mol. The zero-order valence-electron chi connectivity index (χ0n) is 9.22. The molecule has 84 valence electrons. The van der Waals surface area contributed by atoms with Crippen LogP contribution in [0.3, 0.4) is 0 Å². The molecule has 0 amide bonds. The highest BCUT2D eigenvalue weighted by atomic mass is 16.5. The smallest absolute Gasteiger partial charge is 0.110 e. The van der Waals surface area contributed by atoms with E-state index in [-0.39, 0.29) is 0 Å². The molecule has 1 aliphatic carbocycles. The first-order chi connectivity index (χ1) is 7.29. The third-order valence-corrected chi connectivity index (χ3v) is 3.13. The van der Waals surface area contributed by atoms with Crippen molar-refractivity contribution in [1.29, 1.82) is 0 Å². The van der Waals surface area contributed by atoms with Gasteiger partial charge in [0, 0.05) is 25.9 Å². The van der Waals surface area contributed by atoms with Gasteiger partial charge in [0.05, 0.1) is 12.7 Å². The monoisotopic (exact) mass is 209 g/mol. The average molecular weight is 209 g/mol. The lowest BCUT2D eigenvalue weighted by Crippen LogP contribution is -2.36. The molecule has 4 nitrogen and oxygen atoms in total. The molecule has 1 aromatic rings. The quantitative estimate of drug-likeness (QED) is 0.777. The highest BCUT2D eigenvalue weighted by molar-refractivity contribution is 4.91. The molecule has 0 bridgehead atoms. The minimum atomic E-state index is 0.443. The lowest BCUT2D eigenvalue weighted by atomic mass is 9.82. The van der Waals surface area contributed by atoms with Crippen LogP contribution in [0.4, 0.5) is 0 Å². The fourth-order valence-electron chi connectivity index (χ4n) is 1.96. The van der Waals surface area contributed by atoms with Crippen molar-refractivity contribution >= 4 is 0 Å². The number of aryl methyl sites for hydroxylation is 1. The Bertz CT molecular complexity index is 305. The molecule has 1 aliphatic rings. The summed E-state index contributed by atoms with van der Waals surface area (Å²) < 4.78 is 7.76. The molecule has 1 saturated carbocycles. The van der Waals surface area contributed by atoms with Crippen molar-refractivity contribution < 1.29 is 4.74 Å². The maximum atomic E-state index is 5.73. The normalized spacial score (nSPS) is 25.2. The van der Waals surface area contributed by atoms with Crippen LogP contribution < -0.4 is 5.73 Å². The van der Waals surface area contributed by atoms with Gasteiger partial charge in [0.1, 0.15) is 5.82 Å². The van der Waals surface area contributed by atoms with Gasteiger partial charge < -0.3 is 15.0 Å². The Morgan fingerprint density at radius 2 is 2.40 bits per heavy atom. The van der Waals surface area contributed by atoms with Gasteiger partial charge in [-0.15, -0.1) is 0 Å². The summed E-state index contributed by atoms with van der Waals surface area (Å²) in [6.45, 7) is 1.58. The third kappa shape index (κ3) is 2.58. The Labute approximate surface area is 90.4 Å². The third-order valence-electron chi connectivity index (χ3n) is 3.13. The number of rotatable bonds is 5. The molecule has 1 aromatic heterocycles. The zero-order chi connectivity index (χ0) is 10.7. The minimum Gasteiger partial charge on any atom is -0.378 e. The van der Waals surface area contributed by atoms with Crippen molar-refractivity contribution in [3.8, 4) is 0 Å². The van der Waals surface area contributed by atoms with Crippen molar-refractivity contribution in [3.05, 3.63) is 18.2 Å². The summed E-state index contributed by atoms with van der Waals surface area (Å²) in [5.74, 6) is 1.79. The number of aromatic nitrogens is 2. The summed E-state index contributed by atoms with van der Waals surface area (Å²) >= 11 is 0. The average Bonchev–Trinajstić information content (AvgIpc) is 2.56. The highest BCUT2D eigenvalue weighted by Crippen LogP contribution is 2.28. The zero-order valence-corrected chi connectivity index (χ0v) is 9.22. The Kier molecular flexibility index (Phi) is 3.38. The van der Waals surface area contributed by atoms with E-state index >= 15 is 0 Å². The molecule has 0 aromatic carbocycles. The number of nitrogens with zero attached hydrogens (tertiary/aromatic N) is 2. The second-order valence-corrected chi connectivity index (χ2v) is 4.27.